The van der Waals surface area contributed by atoms with E-state index in [4.69, 9.17) is 9.26 Å². The molecule has 0 radical (unpaired) electrons. The number of anilines is 1. The van der Waals surface area contributed by atoms with Crippen molar-refractivity contribution >= 4 is 22.9 Å². The molecule has 1 amide bonds. The number of ether oxygens (including phenoxy) is 1. The Bertz CT molecular complexity index is 1250. The highest BCUT2D eigenvalue weighted by molar-refractivity contribution is 5.91. The molecule has 1 N–H and O–H groups in total. The summed E-state index contributed by atoms with van der Waals surface area (Å²) >= 11 is 0. The average molecular weight is 452 g/mol. The molecule has 33 heavy (non-hydrogen) atoms. The maximum absolute atomic E-state index is 13.8. The third-order valence-electron chi connectivity index (χ3n) is 5.24. The Kier molecular flexibility index (Phi) is 7.09. The summed E-state index contributed by atoms with van der Waals surface area (Å²) < 4.78 is 26.5. The van der Waals surface area contributed by atoms with Gasteiger partial charge < -0.3 is 13.8 Å². The summed E-state index contributed by atoms with van der Waals surface area (Å²) in [6, 6.07) is 12.5. The number of fused-ring (bicyclic) bond motifs is 1. The number of amides is 1. The van der Waals surface area contributed by atoms with Crippen molar-refractivity contribution in [2.24, 2.45) is 0 Å². The van der Waals surface area contributed by atoms with Crippen LogP contribution in [0.15, 0.2) is 47.0 Å². The SMILES string of the molecule is CCOCCCn1c(NC(=O)CCc2nc(-c3ccc(C)c(F)c3)no2)nc2ccccc21. The van der Waals surface area contributed by atoms with Gasteiger partial charge >= 0.3 is 0 Å². The highest BCUT2D eigenvalue weighted by atomic mass is 19.1. The third-order valence-corrected chi connectivity index (χ3v) is 5.24. The van der Waals surface area contributed by atoms with Crippen molar-refractivity contribution in [3.8, 4) is 11.4 Å². The molecule has 0 unspecified atom stereocenters. The van der Waals surface area contributed by atoms with Crippen LogP contribution in [0, 0.1) is 12.7 Å². The predicted octanol–water partition coefficient (Wildman–Crippen LogP) is 4.53. The number of hydrogen-bond acceptors (Lipinski definition) is 6. The number of benzene rings is 2. The Hall–Kier alpha value is -3.59. The van der Waals surface area contributed by atoms with Crippen LogP contribution in [0.1, 0.15) is 31.2 Å². The summed E-state index contributed by atoms with van der Waals surface area (Å²) in [5.74, 6) is 0.561. The molecule has 172 valence electrons. The normalized spacial score (nSPS) is 11.2. The number of carbonyl (C=O) groups is 1. The van der Waals surface area contributed by atoms with Gasteiger partial charge in [-0.15, -0.1) is 0 Å². The van der Waals surface area contributed by atoms with E-state index in [1.807, 2.05) is 35.8 Å². The molecule has 9 heteroatoms. The highest BCUT2D eigenvalue weighted by Gasteiger charge is 2.15. The second kappa shape index (κ2) is 10.4. The molecule has 0 atom stereocenters. The van der Waals surface area contributed by atoms with Gasteiger partial charge in [-0.2, -0.15) is 4.98 Å². The average Bonchev–Trinajstić information content (AvgIpc) is 3.42. The first-order valence-corrected chi connectivity index (χ1v) is 11.0. The first-order valence-electron chi connectivity index (χ1n) is 11.0. The summed E-state index contributed by atoms with van der Waals surface area (Å²) in [6.07, 6.45) is 1.21. The standard InChI is InChI=1S/C24H26FN5O3/c1-3-32-14-6-13-30-20-8-5-4-7-19(20)26-24(30)27-21(31)11-12-22-28-23(29-33-22)17-10-9-16(2)18(25)15-17/h4-5,7-10,15H,3,6,11-14H2,1-2H3,(H,26,27,31). The van der Waals surface area contributed by atoms with E-state index < -0.39 is 0 Å². The van der Waals surface area contributed by atoms with Gasteiger partial charge in [-0.1, -0.05) is 29.4 Å². The lowest BCUT2D eigenvalue weighted by Gasteiger charge is -2.10. The number of nitrogens with zero attached hydrogens (tertiary/aromatic N) is 4. The van der Waals surface area contributed by atoms with Gasteiger partial charge in [0.2, 0.25) is 23.6 Å². The number of aryl methyl sites for hydroxylation is 3. The van der Waals surface area contributed by atoms with Crippen LogP contribution in [0.3, 0.4) is 0 Å². The first-order chi connectivity index (χ1) is 16.0. The van der Waals surface area contributed by atoms with E-state index in [2.05, 4.69) is 20.4 Å². The number of halogens is 1. The maximum Gasteiger partial charge on any atom is 0.227 e. The van der Waals surface area contributed by atoms with Gasteiger partial charge in [0.05, 0.1) is 11.0 Å². The zero-order valence-electron chi connectivity index (χ0n) is 18.7. The third kappa shape index (κ3) is 5.43. The van der Waals surface area contributed by atoms with Gasteiger partial charge in [0.25, 0.3) is 0 Å². The summed E-state index contributed by atoms with van der Waals surface area (Å²) in [7, 11) is 0. The van der Waals surface area contributed by atoms with Crippen molar-refractivity contribution < 1.29 is 18.4 Å². The quantitative estimate of drug-likeness (QED) is 0.356. The second-order valence-corrected chi connectivity index (χ2v) is 7.65. The van der Waals surface area contributed by atoms with Gasteiger partial charge in [0, 0.05) is 38.2 Å². The molecule has 2 aromatic carbocycles. The van der Waals surface area contributed by atoms with Crippen molar-refractivity contribution in [2.75, 3.05) is 18.5 Å². The van der Waals surface area contributed by atoms with Crippen LogP contribution in [-0.4, -0.2) is 38.8 Å². The molecule has 0 aliphatic heterocycles. The van der Waals surface area contributed by atoms with E-state index in [0.29, 0.717) is 48.5 Å². The van der Waals surface area contributed by atoms with Crippen LogP contribution in [0.2, 0.25) is 0 Å². The van der Waals surface area contributed by atoms with Crippen molar-refractivity contribution in [1.82, 2.24) is 19.7 Å². The summed E-state index contributed by atoms with van der Waals surface area (Å²) in [5.41, 5.74) is 2.84. The number of aromatic nitrogens is 4. The molecule has 0 saturated heterocycles. The van der Waals surface area contributed by atoms with Gasteiger partial charge in [-0.05, 0) is 44.0 Å². The number of nitrogens with one attached hydrogen (secondary N) is 1. The zero-order chi connectivity index (χ0) is 23.2. The molecular formula is C24H26FN5O3. The highest BCUT2D eigenvalue weighted by Crippen LogP contribution is 2.21. The van der Waals surface area contributed by atoms with Gasteiger partial charge in [0.1, 0.15) is 5.82 Å². The molecule has 2 heterocycles. The largest absolute Gasteiger partial charge is 0.382 e. The van der Waals surface area contributed by atoms with Crippen molar-refractivity contribution in [2.45, 2.75) is 39.7 Å². The molecule has 0 saturated carbocycles. The lowest BCUT2D eigenvalue weighted by Crippen LogP contribution is -2.17. The number of carbonyl (C=O) groups excluding carboxylic acids is 1. The van der Waals surface area contributed by atoms with Gasteiger partial charge in [-0.25, -0.2) is 9.37 Å². The Labute approximate surface area is 190 Å². The number of para-hydroxylation sites is 2. The molecular weight excluding hydrogens is 425 g/mol. The molecule has 4 rings (SSSR count). The minimum atomic E-state index is -0.331. The van der Waals surface area contributed by atoms with Crippen molar-refractivity contribution in [3.05, 3.63) is 59.7 Å². The van der Waals surface area contributed by atoms with Gasteiger partial charge in [0.15, 0.2) is 0 Å². The predicted molar refractivity (Wildman–Crippen MR) is 122 cm³/mol. The van der Waals surface area contributed by atoms with Crippen molar-refractivity contribution in [3.63, 3.8) is 0 Å². The Morgan fingerprint density at radius 1 is 1.21 bits per heavy atom. The van der Waals surface area contributed by atoms with Gasteiger partial charge in [-0.3, -0.25) is 10.1 Å². The first kappa shape index (κ1) is 22.6. The molecule has 0 fully saturated rings. The molecule has 0 aliphatic rings. The molecule has 2 aromatic heterocycles. The van der Waals surface area contributed by atoms with E-state index in [-0.39, 0.29) is 24.6 Å². The second-order valence-electron chi connectivity index (χ2n) is 7.65. The summed E-state index contributed by atoms with van der Waals surface area (Å²) in [5, 5.41) is 6.79. The fourth-order valence-electron chi connectivity index (χ4n) is 3.48. The molecule has 8 nitrogen and oxygen atoms in total. The lowest BCUT2D eigenvalue weighted by molar-refractivity contribution is -0.116. The Morgan fingerprint density at radius 2 is 2.06 bits per heavy atom. The molecule has 4 aromatic rings. The van der Waals surface area contributed by atoms with E-state index in [1.54, 1.807) is 19.1 Å². The molecule has 0 bridgehead atoms. The van der Waals surface area contributed by atoms with Crippen LogP contribution >= 0.6 is 0 Å². The minimum Gasteiger partial charge on any atom is -0.382 e. The van der Waals surface area contributed by atoms with Crippen LogP contribution < -0.4 is 5.32 Å². The van der Waals surface area contributed by atoms with Crippen LogP contribution in [0.4, 0.5) is 10.3 Å². The minimum absolute atomic E-state index is 0.145. The number of imidazole rings is 1. The van der Waals surface area contributed by atoms with E-state index >= 15 is 0 Å². The Morgan fingerprint density at radius 3 is 2.88 bits per heavy atom. The fourth-order valence-corrected chi connectivity index (χ4v) is 3.48. The number of rotatable bonds is 10. The summed E-state index contributed by atoms with van der Waals surface area (Å²) in [6.45, 7) is 5.64. The molecule has 0 spiro atoms. The lowest BCUT2D eigenvalue weighted by atomic mass is 10.1. The zero-order valence-corrected chi connectivity index (χ0v) is 18.7. The number of hydrogen-bond donors (Lipinski definition) is 1. The smallest absolute Gasteiger partial charge is 0.227 e. The summed E-state index contributed by atoms with van der Waals surface area (Å²) in [4.78, 5) is 21.5. The monoisotopic (exact) mass is 451 g/mol. The fraction of sp³-hybridized carbons (Fsp3) is 0.333. The van der Waals surface area contributed by atoms with E-state index in [0.717, 1.165) is 17.5 Å². The van der Waals surface area contributed by atoms with E-state index in [9.17, 15) is 9.18 Å². The Balaban J connectivity index is 1.40. The van der Waals surface area contributed by atoms with Crippen LogP contribution in [-0.2, 0) is 22.5 Å². The van der Waals surface area contributed by atoms with Crippen molar-refractivity contribution in [1.29, 1.82) is 0 Å². The van der Waals surface area contributed by atoms with E-state index in [1.165, 1.54) is 6.07 Å². The van der Waals surface area contributed by atoms with Crippen LogP contribution in [0.5, 0.6) is 0 Å². The maximum atomic E-state index is 13.8. The topological polar surface area (TPSA) is 95.1 Å². The van der Waals surface area contributed by atoms with Crippen LogP contribution in [0.25, 0.3) is 22.4 Å². The molecule has 0 aliphatic carbocycles.